The summed E-state index contributed by atoms with van der Waals surface area (Å²) in [5, 5.41) is 5.94. The van der Waals surface area contributed by atoms with Crippen LogP contribution in [0.4, 0.5) is 5.69 Å². The van der Waals surface area contributed by atoms with E-state index in [9.17, 15) is 4.79 Å². The number of fused-ring (bicyclic) bond motifs is 1. The van der Waals surface area contributed by atoms with Crippen molar-refractivity contribution in [2.24, 2.45) is 0 Å². The number of aromatic nitrogens is 2. The van der Waals surface area contributed by atoms with E-state index in [4.69, 9.17) is 4.74 Å². The second kappa shape index (κ2) is 7.01. The summed E-state index contributed by atoms with van der Waals surface area (Å²) in [4.78, 5) is 20.2. The molecule has 0 atom stereocenters. The number of hydrogen-bond acceptors (Lipinski definition) is 4. The van der Waals surface area contributed by atoms with Gasteiger partial charge < -0.3 is 15.0 Å². The largest absolute Gasteiger partial charge is 0.486 e. The zero-order chi connectivity index (χ0) is 17.9. The van der Waals surface area contributed by atoms with Gasteiger partial charge in [-0.15, -0.1) is 11.3 Å². The van der Waals surface area contributed by atoms with Crippen molar-refractivity contribution < 1.29 is 9.53 Å². The monoisotopic (exact) mass is 363 g/mol. The summed E-state index contributed by atoms with van der Waals surface area (Å²) in [6, 6.07) is 15.1. The van der Waals surface area contributed by atoms with Crippen LogP contribution in [0, 0.1) is 6.92 Å². The van der Waals surface area contributed by atoms with E-state index >= 15 is 0 Å². The van der Waals surface area contributed by atoms with E-state index in [-0.39, 0.29) is 5.91 Å². The normalized spacial score (nSPS) is 10.8. The quantitative estimate of drug-likeness (QED) is 0.537. The van der Waals surface area contributed by atoms with Crippen molar-refractivity contribution in [2.45, 2.75) is 13.5 Å². The third-order valence-corrected chi connectivity index (χ3v) is 4.64. The summed E-state index contributed by atoms with van der Waals surface area (Å²) in [6.45, 7) is 2.34. The Labute approximate surface area is 154 Å². The van der Waals surface area contributed by atoms with E-state index in [1.807, 2.05) is 42.6 Å². The number of H-pyrrole nitrogens is 1. The maximum atomic E-state index is 12.7. The Hall–Kier alpha value is -3.12. The van der Waals surface area contributed by atoms with Gasteiger partial charge in [-0.3, -0.25) is 4.79 Å². The third kappa shape index (κ3) is 3.45. The van der Waals surface area contributed by atoms with Crippen LogP contribution in [0.3, 0.4) is 0 Å². The Morgan fingerprint density at radius 1 is 1.23 bits per heavy atom. The Morgan fingerprint density at radius 3 is 2.96 bits per heavy atom. The predicted octanol–water partition coefficient (Wildman–Crippen LogP) is 4.76. The first-order valence-corrected chi connectivity index (χ1v) is 9.13. The molecule has 0 spiro atoms. The molecule has 2 aromatic carbocycles. The minimum absolute atomic E-state index is 0.203. The molecule has 0 aliphatic rings. The first-order valence-electron chi connectivity index (χ1n) is 8.19. The maximum absolute atomic E-state index is 12.7. The van der Waals surface area contributed by atoms with Gasteiger partial charge in [-0.1, -0.05) is 12.1 Å². The van der Waals surface area contributed by atoms with Gasteiger partial charge in [0.05, 0.1) is 16.8 Å². The molecule has 0 saturated heterocycles. The van der Waals surface area contributed by atoms with Crippen LogP contribution in [-0.2, 0) is 6.61 Å². The number of amides is 1. The van der Waals surface area contributed by atoms with Crippen molar-refractivity contribution in [2.75, 3.05) is 5.32 Å². The third-order valence-electron chi connectivity index (χ3n) is 4.00. The van der Waals surface area contributed by atoms with Crippen LogP contribution in [0.5, 0.6) is 5.75 Å². The Bertz CT molecular complexity index is 1050. The van der Waals surface area contributed by atoms with Gasteiger partial charge in [0, 0.05) is 27.7 Å². The van der Waals surface area contributed by atoms with Crippen molar-refractivity contribution in [3.8, 4) is 5.75 Å². The van der Waals surface area contributed by atoms with Gasteiger partial charge in [-0.2, -0.15) is 0 Å². The zero-order valence-corrected chi connectivity index (χ0v) is 15.0. The number of anilines is 1. The molecule has 0 aliphatic heterocycles. The molecule has 0 aliphatic carbocycles. The van der Waals surface area contributed by atoms with E-state index in [0.717, 1.165) is 28.0 Å². The molecule has 4 aromatic rings. The molecule has 0 bridgehead atoms. The van der Waals surface area contributed by atoms with Crippen LogP contribution < -0.4 is 10.1 Å². The van der Waals surface area contributed by atoms with Gasteiger partial charge in [0.1, 0.15) is 12.4 Å². The molecular weight excluding hydrogens is 346 g/mol. The molecule has 4 rings (SSSR count). The van der Waals surface area contributed by atoms with Crippen molar-refractivity contribution in [3.63, 3.8) is 0 Å². The average Bonchev–Trinajstić information content (AvgIpc) is 3.28. The number of para-hydroxylation sites is 1. The lowest BCUT2D eigenvalue weighted by Crippen LogP contribution is -2.13. The summed E-state index contributed by atoms with van der Waals surface area (Å²) in [6.07, 6.45) is 0. The fourth-order valence-electron chi connectivity index (χ4n) is 2.79. The lowest BCUT2D eigenvalue weighted by Gasteiger charge is -2.11. The molecule has 0 radical (unpaired) electrons. The SMILES string of the molecule is Cc1cc2cc(NC(=O)c3ccccc3OCc3cscn3)ccc2[nH]1. The molecule has 1 amide bonds. The highest BCUT2D eigenvalue weighted by Gasteiger charge is 2.13. The van der Waals surface area contributed by atoms with Crippen LogP contribution >= 0.6 is 11.3 Å². The van der Waals surface area contributed by atoms with Crippen LogP contribution in [0.15, 0.2) is 59.4 Å². The fraction of sp³-hybridized carbons (Fsp3) is 0.100. The second-order valence-corrected chi connectivity index (χ2v) is 6.69. The lowest BCUT2D eigenvalue weighted by molar-refractivity contribution is 0.102. The number of aryl methyl sites for hydroxylation is 1. The van der Waals surface area contributed by atoms with Gasteiger partial charge in [0.15, 0.2) is 0 Å². The van der Waals surface area contributed by atoms with Crippen LogP contribution in [-0.4, -0.2) is 15.9 Å². The van der Waals surface area contributed by atoms with Crippen LogP contribution in [0.1, 0.15) is 21.7 Å². The number of nitrogens with zero attached hydrogens (tertiary/aromatic N) is 1. The first-order chi connectivity index (χ1) is 12.7. The minimum Gasteiger partial charge on any atom is -0.486 e. The summed E-state index contributed by atoms with van der Waals surface area (Å²) in [7, 11) is 0. The Morgan fingerprint density at radius 2 is 2.12 bits per heavy atom. The Balaban J connectivity index is 1.53. The number of carbonyl (C=O) groups is 1. The van der Waals surface area contributed by atoms with Crippen molar-refractivity contribution in [1.82, 2.24) is 9.97 Å². The number of thiazole rings is 1. The molecule has 0 fully saturated rings. The fourth-order valence-corrected chi connectivity index (χ4v) is 3.34. The zero-order valence-electron chi connectivity index (χ0n) is 14.2. The molecule has 2 heterocycles. The van der Waals surface area contributed by atoms with Crippen molar-refractivity contribution in [3.05, 3.63) is 76.4 Å². The summed E-state index contributed by atoms with van der Waals surface area (Å²) < 4.78 is 5.79. The van der Waals surface area contributed by atoms with Gasteiger partial charge in [0.25, 0.3) is 5.91 Å². The molecule has 130 valence electrons. The van der Waals surface area contributed by atoms with Crippen molar-refractivity contribution in [1.29, 1.82) is 0 Å². The van der Waals surface area contributed by atoms with E-state index in [2.05, 4.69) is 21.4 Å². The molecule has 6 heteroatoms. The lowest BCUT2D eigenvalue weighted by atomic mass is 10.1. The van der Waals surface area contributed by atoms with Crippen LogP contribution in [0.25, 0.3) is 10.9 Å². The van der Waals surface area contributed by atoms with Gasteiger partial charge in [-0.05, 0) is 43.3 Å². The van der Waals surface area contributed by atoms with E-state index in [1.165, 1.54) is 11.3 Å². The predicted molar refractivity (Wildman–Crippen MR) is 104 cm³/mol. The number of benzene rings is 2. The number of ether oxygens (including phenoxy) is 1. The van der Waals surface area contributed by atoms with E-state index < -0.39 is 0 Å². The highest BCUT2D eigenvalue weighted by molar-refractivity contribution is 7.07. The van der Waals surface area contributed by atoms with Gasteiger partial charge >= 0.3 is 0 Å². The van der Waals surface area contributed by atoms with Gasteiger partial charge in [-0.25, -0.2) is 4.98 Å². The highest BCUT2D eigenvalue weighted by atomic mass is 32.1. The summed E-state index contributed by atoms with van der Waals surface area (Å²) >= 11 is 1.52. The molecule has 5 nitrogen and oxygen atoms in total. The summed E-state index contributed by atoms with van der Waals surface area (Å²) in [5.74, 6) is 0.335. The average molecular weight is 363 g/mol. The number of aromatic amines is 1. The first kappa shape index (κ1) is 16.4. The number of carbonyl (C=O) groups excluding carboxylic acids is 1. The number of nitrogens with one attached hydrogen (secondary N) is 2. The molecule has 0 unspecified atom stereocenters. The number of hydrogen-bond donors (Lipinski definition) is 2. The molecule has 2 N–H and O–H groups in total. The smallest absolute Gasteiger partial charge is 0.259 e. The topological polar surface area (TPSA) is 67.0 Å². The van der Waals surface area contributed by atoms with Gasteiger partial charge in [0.2, 0.25) is 0 Å². The molecule has 0 saturated carbocycles. The highest BCUT2D eigenvalue weighted by Crippen LogP contribution is 2.23. The minimum atomic E-state index is -0.203. The maximum Gasteiger partial charge on any atom is 0.259 e. The van der Waals surface area contributed by atoms with E-state index in [0.29, 0.717) is 17.9 Å². The van der Waals surface area contributed by atoms with Crippen molar-refractivity contribution >= 4 is 33.8 Å². The second-order valence-electron chi connectivity index (χ2n) is 5.97. The van der Waals surface area contributed by atoms with E-state index in [1.54, 1.807) is 17.6 Å². The Kier molecular flexibility index (Phi) is 4.41. The molecule has 2 aromatic heterocycles. The molecule has 26 heavy (non-hydrogen) atoms. The standard InChI is InChI=1S/C20H17N3O2S/c1-13-8-14-9-15(6-7-18(14)22-13)23-20(24)17-4-2-3-5-19(17)25-10-16-11-26-12-21-16/h2-9,11-12,22H,10H2,1H3,(H,23,24). The van der Waals surface area contributed by atoms with Crippen LogP contribution in [0.2, 0.25) is 0 Å². The molecular formula is C20H17N3O2S. The summed E-state index contributed by atoms with van der Waals surface area (Å²) in [5.41, 5.74) is 5.98. The number of rotatable bonds is 5.